The van der Waals surface area contributed by atoms with Crippen LogP contribution >= 0.6 is 23.8 Å². The molecule has 2 aromatic heterocycles. The van der Waals surface area contributed by atoms with Crippen LogP contribution in [0.3, 0.4) is 0 Å². The fourth-order valence-electron chi connectivity index (χ4n) is 3.36. The lowest BCUT2D eigenvalue weighted by Crippen LogP contribution is -2.06. The molecule has 0 unspecified atom stereocenters. The lowest BCUT2D eigenvalue weighted by atomic mass is 10.2. The number of nitrogens with zero attached hydrogens (tertiary/aromatic N) is 5. The number of halogens is 1. The molecule has 3 aromatic rings. The second kappa shape index (κ2) is 7.98. The molecule has 0 saturated carbocycles. The van der Waals surface area contributed by atoms with Gasteiger partial charge in [-0.1, -0.05) is 29.8 Å². The molecule has 0 bridgehead atoms. The summed E-state index contributed by atoms with van der Waals surface area (Å²) >= 11 is 11.6. The first-order chi connectivity index (χ1) is 13.5. The quantitative estimate of drug-likeness (QED) is 0.500. The predicted octanol–water partition coefficient (Wildman–Crippen LogP) is 4.19. The molecule has 146 valence electrons. The van der Waals surface area contributed by atoms with Crippen LogP contribution in [0, 0.1) is 18.6 Å². The molecule has 1 fully saturated rings. The first-order valence-corrected chi connectivity index (χ1v) is 9.94. The third kappa shape index (κ3) is 3.67. The van der Waals surface area contributed by atoms with Gasteiger partial charge in [0.2, 0.25) is 4.77 Å². The topological polar surface area (TPSA) is 73.0 Å². The summed E-state index contributed by atoms with van der Waals surface area (Å²) in [7, 11) is 0. The van der Waals surface area contributed by atoms with E-state index in [1.54, 1.807) is 10.9 Å². The molecule has 1 aliphatic rings. The van der Waals surface area contributed by atoms with E-state index in [0.717, 1.165) is 47.0 Å². The van der Waals surface area contributed by atoms with Crippen molar-refractivity contribution in [3.63, 3.8) is 0 Å². The van der Waals surface area contributed by atoms with E-state index in [-0.39, 0.29) is 6.10 Å². The maximum Gasteiger partial charge on any atom is 0.216 e. The smallest absolute Gasteiger partial charge is 0.216 e. The predicted molar refractivity (Wildman–Crippen MR) is 111 cm³/mol. The molecule has 1 saturated heterocycles. The lowest BCUT2D eigenvalue weighted by molar-refractivity contribution is 0.102. The van der Waals surface area contributed by atoms with Crippen molar-refractivity contribution in [2.75, 3.05) is 6.61 Å². The first-order valence-electron chi connectivity index (χ1n) is 9.15. The van der Waals surface area contributed by atoms with E-state index in [2.05, 4.69) is 20.4 Å². The maximum absolute atomic E-state index is 6.29. The molecule has 3 heterocycles. The standard InChI is InChI=1S/C19H21ClN6OS/c1-12-15(13(2)25(24-12)11-14-6-3-4-7-16(14)20)10-21-26-18(22-23-19(26)28)17-8-5-9-27-17/h3-4,6-7,10,17H,5,8-9,11H2,1-2H3,(H,23,28)/b21-10-/t17-/m0/s1. The van der Waals surface area contributed by atoms with Crippen LogP contribution in [0.25, 0.3) is 0 Å². The third-order valence-corrected chi connectivity index (χ3v) is 5.54. The Labute approximate surface area is 173 Å². The number of aromatic amines is 1. The summed E-state index contributed by atoms with van der Waals surface area (Å²) in [5.74, 6) is 0.706. The minimum atomic E-state index is -0.0739. The van der Waals surface area contributed by atoms with Gasteiger partial charge in [-0.15, -0.1) is 0 Å². The molecule has 4 rings (SSSR count). The normalized spacial score (nSPS) is 17.0. The molecule has 28 heavy (non-hydrogen) atoms. The van der Waals surface area contributed by atoms with Gasteiger partial charge < -0.3 is 4.74 Å². The van der Waals surface area contributed by atoms with E-state index >= 15 is 0 Å². The second-order valence-corrected chi connectivity index (χ2v) is 7.57. The zero-order valence-corrected chi connectivity index (χ0v) is 17.3. The molecular weight excluding hydrogens is 396 g/mol. The van der Waals surface area contributed by atoms with Gasteiger partial charge in [0.25, 0.3) is 0 Å². The number of aromatic nitrogens is 5. The van der Waals surface area contributed by atoms with E-state index in [0.29, 0.717) is 17.1 Å². The second-order valence-electron chi connectivity index (χ2n) is 6.78. The van der Waals surface area contributed by atoms with Gasteiger partial charge in [0.1, 0.15) is 6.10 Å². The van der Waals surface area contributed by atoms with Crippen molar-refractivity contribution in [2.24, 2.45) is 5.10 Å². The highest BCUT2D eigenvalue weighted by Gasteiger charge is 2.23. The van der Waals surface area contributed by atoms with E-state index < -0.39 is 0 Å². The Morgan fingerprint density at radius 3 is 2.96 bits per heavy atom. The van der Waals surface area contributed by atoms with Gasteiger partial charge in [-0.05, 0) is 50.5 Å². The Bertz CT molecular complexity index is 1080. The van der Waals surface area contributed by atoms with Gasteiger partial charge in [0.15, 0.2) is 5.82 Å². The van der Waals surface area contributed by atoms with Crippen LogP contribution in [0.5, 0.6) is 0 Å². The van der Waals surface area contributed by atoms with Crippen LogP contribution in [0.2, 0.25) is 5.02 Å². The van der Waals surface area contributed by atoms with E-state index in [1.807, 2.05) is 42.8 Å². The molecule has 0 amide bonds. The van der Waals surface area contributed by atoms with E-state index in [1.165, 1.54) is 0 Å². The van der Waals surface area contributed by atoms with Gasteiger partial charge in [0, 0.05) is 22.9 Å². The van der Waals surface area contributed by atoms with Crippen molar-refractivity contribution < 1.29 is 4.74 Å². The summed E-state index contributed by atoms with van der Waals surface area (Å²) in [5, 5.41) is 17.1. The van der Waals surface area contributed by atoms with Crippen molar-refractivity contribution in [1.29, 1.82) is 0 Å². The molecule has 0 spiro atoms. The van der Waals surface area contributed by atoms with Gasteiger partial charge >= 0.3 is 0 Å². The summed E-state index contributed by atoms with van der Waals surface area (Å²) in [5.41, 5.74) is 3.88. The summed E-state index contributed by atoms with van der Waals surface area (Å²) in [6.07, 6.45) is 3.64. The van der Waals surface area contributed by atoms with Crippen molar-refractivity contribution in [3.05, 3.63) is 62.4 Å². The largest absolute Gasteiger partial charge is 0.370 e. The van der Waals surface area contributed by atoms with Crippen LogP contribution in [0.15, 0.2) is 29.4 Å². The summed E-state index contributed by atoms with van der Waals surface area (Å²) in [4.78, 5) is 0. The average molecular weight is 417 g/mol. The third-order valence-electron chi connectivity index (χ3n) is 4.91. The number of hydrogen-bond acceptors (Lipinski definition) is 5. The lowest BCUT2D eigenvalue weighted by Gasteiger charge is -2.07. The number of hydrogen-bond donors (Lipinski definition) is 1. The molecule has 1 aliphatic heterocycles. The number of nitrogens with one attached hydrogen (secondary N) is 1. The van der Waals surface area contributed by atoms with Crippen molar-refractivity contribution >= 4 is 30.0 Å². The molecule has 0 aliphatic carbocycles. The Kier molecular flexibility index (Phi) is 5.43. The van der Waals surface area contributed by atoms with Crippen LogP contribution in [-0.2, 0) is 11.3 Å². The van der Waals surface area contributed by atoms with Gasteiger partial charge in [-0.25, -0.2) is 0 Å². The Hall–Kier alpha value is -2.29. The highest BCUT2D eigenvalue weighted by Crippen LogP contribution is 2.27. The Morgan fingerprint density at radius 1 is 1.39 bits per heavy atom. The highest BCUT2D eigenvalue weighted by molar-refractivity contribution is 7.71. The number of rotatable bonds is 5. The Morgan fingerprint density at radius 2 is 2.21 bits per heavy atom. The van der Waals surface area contributed by atoms with Gasteiger partial charge in [-0.3, -0.25) is 9.78 Å². The maximum atomic E-state index is 6.29. The summed E-state index contributed by atoms with van der Waals surface area (Å²) < 4.78 is 9.74. The van der Waals surface area contributed by atoms with Gasteiger partial charge in [0.05, 0.1) is 18.5 Å². The Balaban J connectivity index is 1.63. The molecule has 7 nitrogen and oxygen atoms in total. The van der Waals surface area contributed by atoms with Crippen molar-refractivity contribution in [2.45, 2.75) is 39.3 Å². The van der Waals surface area contributed by atoms with E-state index in [9.17, 15) is 0 Å². The van der Waals surface area contributed by atoms with Crippen molar-refractivity contribution in [3.8, 4) is 0 Å². The first kappa shape index (κ1) is 19.0. The zero-order chi connectivity index (χ0) is 19.7. The van der Waals surface area contributed by atoms with Gasteiger partial charge in [-0.2, -0.15) is 20.0 Å². The monoisotopic (exact) mass is 416 g/mol. The minimum Gasteiger partial charge on any atom is -0.370 e. The number of benzene rings is 1. The van der Waals surface area contributed by atoms with E-state index in [4.69, 9.17) is 28.6 Å². The van der Waals surface area contributed by atoms with Crippen LogP contribution < -0.4 is 0 Å². The number of aryl methyl sites for hydroxylation is 1. The summed E-state index contributed by atoms with van der Waals surface area (Å²) in [6.45, 7) is 5.33. The zero-order valence-electron chi connectivity index (χ0n) is 15.7. The average Bonchev–Trinajstić information content (AvgIpc) is 3.38. The highest BCUT2D eigenvalue weighted by atomic mass is 35.5. The van der Waals surface area contributed by atoms with Crippen LogP contribution in [-0.4, -0.2) is 37.5 Å². The molecule has 1 aromatic carbocycles. The molecule has 0 radical (unpaired) electrons. The summed E-state index contributed by atoms with van der Waals surface area (Å²) in [6, 6.07) is 7.79. The fourth-order valence-corrected chi connectivity index (χ4v) is 3.74. The van der Waals surface area contributed by atoms with Crippen molar-refractivity contribution in [1.82, 2.24) is 24.7 Å². The van der Waals surface area contributed by atoms with Crippen LogP contribution in [0.1, 0.15) is 47.3 Å². The molecule has 1 atom stereocenters. The SMILES string of the molecule is Cc1nn(Cc2ccccc2Cl)c(C)c1/C=N\n1c([C@@H]2CCCO2)n[nH]c1=S. The fraction of sp³-hybridized carbons (Fsp3) is 0.368. The molecule has 9 heteroatoms. The van der Waals surface area contributed by atoms with Crippen LogP contribution in [0.4, 0.5) is 0 Å². The number of H-pyrrole nitrogens is 1. The molecular formula is C19H21ClN6OS. The number of ether oxygens (including phenoxy) is 1. The minimum absolute atomic E-state index is 0.0739. The molecule has 1 N–H and O–H groups in total.